The minimum atomic E-state index is -0.100. The molecule has 1 unspecified atom stereocenters. The van der Waals surface area contributed by atoms with Crippen LogP contribution in [0, 0.1) is 0 Å². The van der Waals surface area contributed by atoms with Gasteiger partial charge in [-0.25, -0.2) is 4.68 Å². The largest absolute Gasteiger partial charge is 0.471 e. The van der Waals surface area contributed by atoms with E-state index in [4.69, 9.17) is 9.15 Å². The van der Waals surface area contributed by atoms with E-state index in [1.807, 2.05) is 31.2 Å². The number of hydrogen-bond donors (Lipinski definition) is 0. The number of carbonyl (C=O) groups excluding carboxylic acids is 1. The van der Waals surface area contributed by atoms with Crippen molar-refractivity contribution in [2.24, 2.45) is 0 Å². The van der Waals surface area contributed by atoms with Gasteiger partial charge >= 0.3 is 0 Å². The summed E-state index contributed by atoms with van der Waals surface area (Å²) in [6.45, 7) is 6.61. The van der Waals surface area contributed by atoms with Crippen molar-refractivity contribution in [2.75, 3.05) is 7.05 Å². The lowest BCUT2D eigenvalue weighted by Crippen LogP contribution is -2.35. The minimum absolute atomic E-state index is 0.0773. The highest BCUT2D eigenvalue weighted by Gasteiger charge is 2.20. The topological polar surface area (TPSA) is 60.5 Å². The number of hydrogen-bond acceptors (Lipinski definition) is 4. The van der Waals surface area contributed by atoms with Gasteiger partial charge in [-0.15, -0.1) is 0 Å². The Hall–Kier alpha value is -3.02. The first-order valence-electron chi connectivity index (χ1n) is 10.00. The van der Waals surface area contributed by atoms with Crippen LogP contribution < -0.4 is 4.74 Å². The maximum absolute atomic E-state index is 12.7. The number of nitrogens with zero attached hydrogens (tertiary/aromatic N) is 3. The second-order valence-corrected chi connectivity index (χ2v) is 7.62. The molecule has 0 aliphatic heterocycles. The summed E-state index contributed by atoms with van der Waals surface area (Å²) >= 11 is 0. The van der Waals surface area contributed by atoms with Gasteiger partial charge in [0.15, 0.2) is 12.4 Å². The predicted molar refractivity (Wildman–Crippen MR) is 112 cm³/mol. The summed E-state index contributed by atoms with van der Waals surface area (Å²) in [6, 6.07) is 13.7. The number of benzene rings is 1. The molecule has 0 aliphatic rings. The van der Waals surface area contributed by atoms with Gasteiger partial charge in [-0.2, -0.15) is 5.10 Å². The number of aryl methyl sites for hydroxylation is 1. The first-order chi connectivity index (χ1) is 13.9. The lowest BCUT2D eigenvalue weighted by Gasteiger charge is -2.23. The molecule has 6 heteroatoms. The van der Waals surface area contributed by atoms with Crippen molar-refractivity contribution < 1.29 is 13.9 Å². The molecule has 3 aromatic rings. The first kappa shape index (κ1) is 20.7. The number of amides is 1. The zero-order valence-corrected chi connectivity index (χ0v) is 17.5. The monoisotopic (exact) mass is 395 g/mol. The highest BCUT2D eigenvalue weighted by Crippen LogP contribution is 2.19. The molecule has 1 atom stereocenters. The van der Waals surface area contributed by atoms with E-state index in [1.165, 1.54) is 5.56 Å². The number of rotatable bonds is 9. The molecular weight excluding hydrogens is 366 g/mol. The normalized spacial score (nSPS) is 12.2. The van der Waals surface area contributed by atoms with E-state index in [2.05, 4.69) is 31.1 Å². The highest BCUT2D eigenvalue weighted by molar-refractivity contribution is 5.92. The molecule has 0 aliphatic carbocycles. The molecule has 2 heterocycles. The van der Waals surface area contributed by atoms with Crippen molar-refractivity contribution in [3.8, 4) is 5.75 Å². The van der Waals surface area contributed by atoms with Crippen molar-refractivity contribution >= 4 is 5.91 Å². The van der Waals surface area contributed by atoms with E-state index in [9.17, 15) is 4.79 Å². The van der Waals surface area contributed by atoms with Gasteiger partial charge in [0.05, 0.1) is 6.26 Å². The summed E-state index contributed by atoms with van der Waals surface area (Å²) in [5.41, 5.74) is 1.68. The summed E-state index contributed by atoms with van der Waals surface area (Å²) in [5.74, 6) is 2.10. The molecule has 0 spiro atoms. The van der Waals surface area contributed by atoms with Gasteiger partial charge in [-0.3, -0.25) is 4.79 Å². The van der Waals surface area contributed by atoms with Crippen LogP contribution in [-0.4, -0.2) is 33.7 Å². The lowest BCUT2D eigenvalue weighted by atomic mass is 10.0. The van der Waals surface area contributed by atoms with E-state index in [0.717, 1.165) is 24.4 Å². The van der Waals surface area contributed by atoms with Crippen LogP contribution in [0.2, 0.25) is 0 Å². The zero-order chi connectivity index (χ0) is 20.8. The standard InChI is InChI=1S/C23H29N3O3/c1-17(2)19-8-11-21(12-9-19)29-16-26-14-13-22(24-26)23(27)25(4)18(3)7-10-20-6-5-15-28-20/h5-6,8-9,11-15,17-18H,7,10,16H2,1-4H3. The van der Waals surface area contributed by atoms with Crippen molar-refractivity contribution in [3.05, 3.63) is 71.9 Å². The Morgan fingerprint density at radius 2 is 1.93 bits per heavy atom. The van der Waals surface area contributed by atoms with Gasteiger partial charge in [-0.1, -0.05) is 26.0 Å². The SMILES string of the molecule is CC(C)c1ccc(OCn2ccc(C(=O)N(C)C(C)CCc3ccco3)n2)cc1. The molecule has 3 rings (SSSR count). The Bertz CT molecular complexity index is 898. The first-order valence-corrected chi connectivity index (χ1v) is 10.00. The van der Waals surface area contributed by atoms with Crippen molar-refractivity contribution in [3.63, 3.8) is 0 Å². The molecule has 1 amide bonds. The van der Waals surface area contributed by atoms with Crippen LogP contribution >= 0.6 is 0 Å². The van der Waals surface area contributed by atoms with E-state index >= 15 is 0 Å². The lowest BCUT2D eigenvalue weighted by molar-refractivity contribution is 0.0728. The summed E-state index contributed by atoms with van der Waals surface area (Å²) in [6.07, 6.45) is 5.05. The van der Waals surface area contributed by atoms with Gasteiger partial charge in [0.1, 0.15) is 11.5 Å². The van der Waals surface area contributed by atoms with Crippen LogP contribution in [0.25, 0.3) is 0 Å². The van der Waals surface area contributed by atoms with E-state index < -0.39 is 0 Å². The van der Waals surface area contributed by atoms with Crippen molar-refractivity contribution in [2.45, 2.75) is 52.3 Å². The number of furan rings is 1. The molecule has 2 aromatic heterocycles. The summed E-state index contributed by atoms with van der Waals surface area (Å²) in [4.78, 5) is 14.4. The van der Waals surface area contributed by atoms with Gasteiger partial charge in [0, 0.05) is 25.7 Å². The fraction of sp³-hybridized carbons (Fsp3) is 0.391. The average molecular weight is 396 g/mol. The zero-order valence-electron chi connectivity index (χ0n) is 17.5. The smallest absolute Gasteiger partial charge is 0.274 e. The van der Waals surface area contributed by atoms with Gasteiger partial charge in [0.25, 0.3) is 5.91 Å². The fourth-order valence-corrected chi connectivity index (χ4v) is 3.02. The molecular formula is C23H29N3O3. The Morgan fingerprint density at radius 1 is 1.17 bits per heavy atom. The van der Waals surface area contributed by atoms with Crippen LogP contribution in [0.5, 0.6) is 5.75 Å². The minimum Gasteiger partial charge on any atom is -0.471 e. The maximum atomic E-state index is 12.7. The van der Waals surface area contributed by atoms with Crippen LogP contribution in [0.3, 0.4) is 0 Å². The Morgan fingerprint density at radius 3 is 2.59 bits per heavy atom. The van der Waals surface area contributed by atoms with Gasteiger partial charge in [-0.05, 0) is 55.2 Å². The number of aromatic nitrogens is 2. The molecule has 0 bridgehead atoms. The third-order valence-corrected chi connectivity index (χ3v) is 5.14. The fourth-order valence-electron chi connectivity index (χ4n) is 3.02. The van der Waals surface area contributed by atoms with Crippen LogP contribution in [0.15, 0.2) is 59.3 Å². The second-order valence-electron chi connectivity index (χ2n) is 7.62. The Labute approximate surface area is 172 Å². The van der Waals surface area contributed by atoms with E-state index in [-0.39, 0.29) is 18.7 Å². The Balaban J connectivity index is 1.52. The maximum Gasteiger partial charge on any atom is 0.274 e. The quantitative estimate of drug-likeness (QED) is 0.525. The molecule has 0 saturated heterocycles. The highest BCUT2D eigenvalue weighted by atomic mass is 16.5. The molecule has 154 valence electrons. The molecule has 0 saturated carbocycles. The molecule has 1 aromatic carbocycles. The van der Waals surface area contributed by atoms with Crippen LogP contribution in [-0.2, 0) is 13.2 Å². The molecule has 0 N–H and O–H groups in total. The van der Waals surface area contributed by atoms with Crippen molar-refractivity contribution in [1.82, 2.24) is 14.7 Å². The molecule has 0 radical (unpaired) electrons. The third-order valence-electron chi connectivity index (χ3n) is 5.14. The summed E-state index contributed by atoms with van der Waals surface area (Å²) in [7, 11) is 1.81. The summed E-state index contributed by atoms with van der Waals surface area (Å²) < 4.78 is 12.8. The van der Waals surface area contributed by atoms with E-state index in [0.29, 0.717) is 11.6 Å². The molecule has 6 nitrogen and oxygen atoms in total. The van der Waals surface area contributed by atoms with Crippen LogP contribution in [0.4, 0.5) is 0 Å². The predicted octanol–water partition coefficient (Wildman–Crippen LogP) is 4.73. The third kappa shape index (κ3) is 5.50. The van der Waals surface area contributed by atoms with Gasteiger partial charge in [0.2, 0.25) is 0 Å². The van der Waals surface area contributed by atoms with Crippen LogP contribution in [0.1, 0.15) is 54.9 Å². The molecule has 0 fully saturated rings. The number of ether oxygens (including phenoxy) is 1. The second kappa shape index (κ2) is 9.45. The number of carbonyl (C=O) groups is 1. The van der Waals surface area contributed by atoms with E-state index in [1.54, 1.807) is 35.2 Å². The van der Waals surface area contributed by atoms with Crippen molar-refractivity contribution in [1.29, 1.82) is 0 Å². The van der Waals surface area contributed by atoms with Gasteiger partial charge < -0.3 is 14.1 Å². The Kier molecular flexibility index (Phi) is 6.75. The summed E-state index contributed by atoms with van der Waals surface area (Å²) in [5, 5.41) is 4.37. The average Bonchev–Trinajstić information content (AvgIpc) is 3.41. The molecule has 29 heavy (non-hydrogen) atoms.